The first-order chi connectivity index (χ1) is 18.2. The Kier molecular flexibility index (Phi) is 9.97. The highest BCUT2D eigenvalue weighted by atomic mass is 16.6. The Morgan fingerprint density at radius 2 is 1.08 bits per heavy atom. The number of ether oxygens (including phenoxy) is 4. The average molecular weight is 529 g/mol. The second-order valence-corrected chi connectivity index (χ2v) is 8.38. The van der Waals surface area contributed by atoms with Crippen LogP contribution in [0.25, 0.3) is 0 Å². The van der Waals surface area contributed by atoms with Gasteiger partial charge >= 0.3 is 23.9 Å². The van der Waals surface area contributed by atoms with Gasteiger partial charge in [-0.15, -0.1) is 0 Å². The quantitative estimate of drug-likeness (QED) is 0.329. The fourth-order valence-electron chi connectivity index (χ4n) is 3.63. The summed E-state index contributed by atoms with van der Waals surface area (Å²) in [6.07, 6.45) is 0.835. The Bertz CT molecular complexity index is 1030. The topological polar surface area (TPSA) is 137 Å². The van der Waals surface area contributed by atoms with E-state index in [1.165, 1.54) is 26.2 Å². The number of aromatic nitrogens is 2. The lowest BCUT2D eigenvalue weighted by Gasteiger charge is -2.36. The van der Waals surface area contributed by atoms with Crippen molar-refractivity contribution in [1.29, 1.82) is 0 Å². The standard InChI is InChI=1S/C26H32N4O8/c1-5-35-23(31)17(3)37-25(33)19-7-9-21(27-15-19)29-11-13-30(14-12-29)22-10-8-20(16-28-22)26(34)38-18(4)24(32)36-6-2/h7-10,15-18H,5-6,11-14H2,1-4H3/t17-,18?/m0/s1. The molecule has 0 amide bonds. The van der Waals surface area contributed by atoms with E-state index in [0.29, 0.717) is 37.8 Å². The molecule has 3 rings (SSSR count). The lowest BCUT2D eigenvalue weighted by Crippen LogP contribution is -2.47. The number of esters is 4. The molecule has 12 heteroatoms. The molecule has 0 aliphatic carbocycles. The summed E-state index contributed by atoms with van der Waals surface area (Å²) >= 11 is 0. The minimum absolute atomic E-state index is 0.206. The van der Waals surface area contributed by atoms with Crippen LogP contribution in [-0.4, -0.2) is 85.4 Å². The molecule has 2 aromatic heterocycles. The fraction of sp³-hybridized carbons (Fsp3) is 0.462. The summed E-state index contributed by atoms with van der Waals surface area (Å²) in [6.45, 7) is 9.35. The molecule has 0 spiro atoms. The monoisotopic (exact) mass is 528 g/mol. The maximum atomic E-state index is 12.3. The van der Waals surface area contributed by atoms with E-state index in [1.54, 1.807) is 38.1 Å². The molecule has 0 N–H and O–H groups in total. The normalized spacial score (nSPS) is 14.7. The maximum Gasteiger partial charge on any atom is 0.347 e. The molecule has 2 aromatic rings. The van der Waals surface area contributed by atoms with Gasteiger partial charge in [0, 0.05) is 38.6 Å². The van der Waals surface area contributed by atoms with Gasteiger partial charge in [-0.3, -0.25) is 0 Å². The number of hydrogen-bond acceptors (Lipinski definition) is 12. The first-order valence-corrected chi connectivity index (χ1v) is 12.4. The Labute approximate surface area is 220 Å². The highest BCUT2D eigenvalue weighted by Gasteiger charge is 2.23. The van der Waals surface area contributed by atoms with E-state index >= 15 is 0 Å². The minimum Gasteiger partial charge on any atom is -0.463 e. The van der Waals surface area contributed by atoms with Gasteiger partial charge in [-0.1, -0.05) is 0 Å². The number of pyridine rings is 2. The summed E-state index contributed by atoms with van der Waals surface area (Å²) in [7, 11) is 0. The molecule has 12 nitrogen and oxygen atoms in total. The SMILES string of the molecule is CCOC(=O)C(C)OC(=O)c1ccc(N2CCN(c3ccc(C(=O)O[C@@H](C)C(=O)OCC)cn3)CC2)nc1. The summed E-state index contributed by atoms with van der Waals surface area (Å²) in [5.74, 6) is -1.08. The molecule has 0 saturated carbocycles. The summed E-state index contributed by atoms with van der Waals surface area (Å²) in [5, 5.41) is 0. The van der Waals surface area contributed by atoms with Gasteiger partial charge < -0.3 is 28.7 Å². The van der Waals surface area contributed by atoms with Crippen LogP contribution in [-0.2, 0) is 28.5 Å². The summed E-state index contributed by atoms with van der Waals surface area (Å²) in [5.41, 5.74) is 0.478. The van der Waals surface area contributed by atoms with Crippen LogP contribution in [0.4, 0.5) is 11.6 Å². The number of hydrogen-bond donors (Lipinski definition) is 0. The van der Waals surface area contributed by atoms with E-state index in [1.807, 2.05) is 0 Å². The number of carbonyl (C=O) groups is 4. The molecule has 1 unspecified atom stereocenters. The molecule has 1 aliphatic rings. The van der Waals surface area contributed by atoms with Crippen molar-refractivity contribution in [3.05, 3.63) is 47.8 Å². The van der Waals surface area contributed by atoms with Crippen LogP contribution in [0, 0.1) is 0 Å². The Morgan fingerprint density at radius 3 is 1.37 bits per heavy atom. The van der Waals surface area contributed by atoms with Gasteiger partial charge in [0.05, 0.1) is 24.3 Å². The molecule has 0 radical (unpaired) electrons. The van der Waals surface area contributed by atoms with E-state index in [9.17, 15) is 19.2 Å². The minimum atomic E-state index is -1.00. The largest absolute Gasteiger partial charge is 0.463 e. The van der Waals surface area contributed by atoms with E-state index in [-0.39, 0.29) is 24.3 Å². The molecule has 0 aromatic carbocycles. The smallest absolute Gasteiger partial charge is 0.347 e. The molecule has 1 saturated heterocycles. The number of carbonyl (C=O) groups excluding carboxylic acids is 4. The van der Waals surface area contributed by atoms with E-state index in [0.717, 1.165) is 0 Å². The molecule has 38 heavy (non-hydrogen) atoms. The van der Waals surface area contributed by atoms with Gasteiger partial charge in [-0.2, -0.15) is 0 Å². The summed E-state index contributed by atoms with van der Waals surface area (Å²) in [6, 6.07) is 6.68. The predicted molar refractivity (Wildman–Crippen MR) is 136 cm³/mol. The molecular formula is C26H32N4O8. The number of rotatable bonds is 10. The maximum absolute atomic E-state index is 12.3. The summed E-state index contributed by atoms with van der Waals surface area (Å²) in [4.78, 5) is 60.8. The van der Waals surface area contributed by atoms with Gasteiger partial charge in [0.1, 0.15) is 11.6 Å². The van der Waals surface area contributed by atoms with Crippen LogP contribution in [0.3, 0.4) is 0 Å². The van der Waals surface area contributed by atoms with Crippen LogP contribution in [0.5, 0.6) is 0 Å². The Morgan fingerprint density at radius 1 is 0.711 bits per heavy atom. The number of piperazine rings is 1. The van der Waals surface area contributed by atoms with E-state index in [2.05, 4.69) is 19.8 Å². The first-order valence-electron chi connectivity index (χ1n) is 12.4. The van der Waals surface area contributed by atoms with Gasteiger partial charge in [0.2, 0.25) is 0 Å². The second kappa shape index (κ2) is 13.4. The zero-order valence-corrected chi connectivity index (χ0v) is 21.9. The van der Waals surface area contributed by atoms with Crippen molar-refractivity contribution in [2.24, 2.45) is 0 Å². The third-order valence-corrected chi connectivity index (χ3v) is 5.70. The van der Waals surface area contributed by atoms with Crippen molar-refractivity contribution in [3.63, 3.8) is 0 Å². The summed E-state index contributed by atoms with van der Waals surface area (Å²) < 4.78 is 19.9. The molecule has 1 fully saturated rings. The highest BCUT2D eigenvalue weighted by Crippen LogP contribution is 2.19. The van der Waals surface area contributed by atoms with Gasteiger partial charge in [0.25, 0.3) is 0 Å². The molecule has 1 aliphatic heterocycles. The van der Waals surface area contributed by atoms with Crippen molar-refractivity contribution in [3.8, 4) is 0 Å². The highest BCUT2D eigenvalue weighted by molar-refractivity contribution is 5.92. The lowest BCUT2D eigenvalue weighted by atomic mass is 10.2. The zero-order chi connectivity index (χ0) is 27.7. The molecular weight excluding hydrogens is 496 g/mol. The zero-order valence-electron chi connectivity index (χ0n) is 21.9. The number of nitrogens with zero attached hydrogens (tertiary/aromatic N) is 4. The van der Waals surface area contributed by atoms with Gasteiger partial charge in [-0.05, 0) is 52.0 Å². The van der Waals surface area contributed by atoms with Crippen LogP contribution < -0.4 is 9.80 Å². The van der Waals surface area contributed by atoms with Crippen LogP contribution in [0.1, 0.15) is 48.4 Å². The van der Waals surface area contributed by atoms with Gasteiger partial charge in [0.15, 0.2) is 12.2 Å². The predicted octanol–water partition coefficient (Wildman–Crippen LogP) is 2.02. The lowest BCUT2D eigenvalue weighted by molar-refractivity contribution is -0.153. The fourth-order valence-corrected chi connectivity index (χ4v) is 3.63. The van der Waals surface area contributed by atoms with Crippen LogP contribution in [0.15, 0.2) is 36.7 Å². The van der Waals surface area contributed by atoms with E-state index < -0.39 is 36.1 Å². The van der Waals surface area contributed by atoms with Crippen molar-refractivity contribution in [2.75, 3.05) is 49.2 Å². The molecule has 204 valence electrons. The third-order valence-electron chi connectivity index (χ3n) is 5.70. The average Bonchev–Trinajstić information content (AvgIpc) is 2.93. The van der Waals surface area contributed by atoms with Crippen molar-refractivity contribution < 1.29 is 38.1 Å². The van der Waals surface area contributed by atoms with Crippen molar-refractivity contribution >= 4 is 35.5 Å². The number of anilines is 2. The Balaban J connectivity index is 1.50. The van der Waals surface area contributed by atoms with Crippen molar-refractivity contribution in [1.82, 2.24) is 9.97 Å². The molecule has 3 heterocycles. The Hall–Kier alpha value is -4.22. The first kappa shape index (κ1) is 28.4. The van der Waals surface area contributed by atoms with Gasteiger partial charge in [-0.25, -0.2) is 29.1 Å². The molecule has 0 bridgehead atoms. The van der Waals surface area contributed by atoms with Crippen LogP contribution >= 0.6 is 0 Å². The second-order valence-electron chi connectivity index (χ2n) is 8.38. The molecule has 2 atom stereocenters. The van der Waals surface area contributed by atoms with Crippen LogP contribution in [0.2, 0.25) is 0 Å². The third kappa shape index (κ3) is 7.40. The van der Waals surface area contributed by atoms with Crippen molar-refractivity contribution in [2.45, 2.75) is 39.9 Å². The van der Waals surface area contributed by atoms with E-state index in [4.69, 9.17) is 18.9 Å².